The first kappa shape index (κ1) is 34.4. The lowest BCUT2D eigenvalue weighted by Gasteiger charge is -2.42. The molecule has 5 rings (SSSR count). The van der Waals surface area contributed by atoms with E-state index in [1.807, 2.05) is 0 Å². The maximum Gasteiger partial charge on any atom is 0.200 e. The van der Waals surface area contributed by atoms with Crippen molar-refractivity contribution in [3.05, 3.63) is 141 Å². The third kappa shape index (κ3) is 4.97. The molecule has 48 heavy (non-hydrogen) atoms. The van der Waals surface area contributed by atoms with Gasteiger partial charge in [-0.1, -0.05) is 30.3 Å². The first-order chi connectivity index (χ1) is 22.5. The predicted molar refractivity (Wildman–Crippen MR) is 143 cm³/mol. The number of hydrogen-bond donors (Lipinski definition) is 0. The Balaban J connectivity index is 2.24. The molecule has 0 atom stereocenters. The Bertz CT molecular complexity index is 1870. The average Bonchev–Trinajstić information content (AvgIpc) is 3.51. The van der Waals surface area contributed by atoms with Gasteiger partial charge >= 0.3 is 0 Å². The molecule has 1 nitrogen and oxygen atoms in total. The molecule has 0 unspecified atom stereocenters. The molecular weight excluding hydrogens is 682 g/mol. The van der Waals surface area contributed by atoms with E-state index in [0.29, 0.717) is 0 Å². The molecule has 0 aliphatic carbocycles. The number of rotatable bonds is 6. The summed E-state index contributed by atoms with van der Waals surface area (Å²) in [5.74, 6) is -45.7. The van der Waals surface area contributed by atoms with Gasteiger partial charge in [-0.25, -0.2) is 76.4 Å². The molecule has 0 fully saturated rings. The minimum absolute atomic E-state index is 0.0248. The van der Waals surface area contributed by atoms with Crippen LogP contribution >= 0.6 is 0 Å². The summed E-state index contributed by atoms with van der Waals surface area (Å²) in [6.07, 6.45) is -3.41. The standard InChI is InChI=1S/C31H13BF15N/c1-48-8-7-12(10-48)13(11-5-3-2-4-6-11)9-32(14-17(33)23(39)29(45)24(40)18(14)34,15-19(35)25(41)30(46)26(42)20(15)36)16-21(37)27(43)31(47)28(44)22(16)38/h2-9H,10H2,1H3/b13-9-. The molecule has 250 valence electrons. The SMILES string of the molecule is C[N+]1=CC=C(/C(=C\[B-](c2c(F)c(F)c(F)c(F)c2F)(c2c(F)c(F)c(F)c(F)c2F)c2c(F)c(F)c(F)c(F)c2F)c2ccccc2)C1. The minimum Gasteiger partial charge on any atom is -0.234 e. The smallest absolute Gasteiger partial charge is 0.200 e. The molecule has 0 saturated heterocycles. The van der Waals surface area contributed by atoms with Crippen molar-refractivity contribution >= 4 is 34.3 Å². The summed E-state index contributed by atoms with van der Waals surface area (Å²) in [6.45, 7) is -0.293. The van der Waals surface area contributed by atoms with E-state index < -0.39 is 115 Å². The largest absolute Gasteiger partial charge is 0.234 e. The van der Waals surface area contributed by atoms with Crippen LogP contribution in [0.5, 0.6) is 0 Å². The molecule has 0 aromatic heterocycles. The molecular formula is C31H13BF15N. The van der Waals surface area contributed by atoms with Gasteiger partial charge in [-0.2, -0.15) is 0 Å². The molecule has 4 aromatic carbocycles. The summed E-state index contributed by atoms with van der Waals surface area (Å²) in [5.41, 5.74) is -9.14. The van der Waals surface area contributed by atoms with Crippen LogP contribution in [0.3, 0.4) is 0 Å². The van der Waals surface area contributed by atoms with Crippen LogP contribution in [-0.2, 0) is 0 Å². The first-order valence-corrected chi connectivity index (χ1v) is 13.2. The lowest BCUT2D eigenvalue weighted by Crippen LogP contribution is -2.72. The molecule has 0 radical (unpaired) electrons. The number of likely N-dealkylation sites (N-methyl/N-ethyl adjacent to an activating group) is 1. The van der Waals surface area contributed by atoms with E-state index in [9.17, 15) is 39.5 Å². The quantitative estimate of drug-likeness (QED) is 0.0712. The van der Waals surface area contributed by atoms with E-state index in [4.69, 9.17) is 0 Å². The first-order valence-electron chi connectivity index (χ1n) is 13.2. The van der Waals surface area contributed by atoms with E-state index in [-0.39, 0.29) is 23.7 Å². The van der Waals surface area contributed by atoms with Gasteiger partial charge in [0.25, 0.3) is 0 Å². The fraction of sp³-hybridized carbons (Fsp3) is 0.0645. The van der Waals surface area contributed by atoms with Crippen LogP contribution in [0.25, 0.3) is 5.57 Å². The lowest BCUT2D eigenvalue weighted by molar-refractivity contribution is -0.478. The molecule has 1 aliphatic rings. The number of hydrogen-bond acceptors (Lipinski definition) is 0. The zero-order chi connectivity index (χ0) is 35.6. The Morgan fingerprint density at radius 3 is 1.10 bits per heavy atom. The van der Waals surface area contributed by atoms with Crippen LogP contribution in [0.2, 0.25) is 0 Å². The fourth-order valence-corrected chi connectivity index (χ4v) is 5.77. The van der Waals surface area contributed by atoms with Crippen LogP contribution in [0.1, 0.15) is 5.56 Å². The fourth-order valence-electron chi connectivity index (χ4n) is 5.77. The Morgan fingerprint density at radius 2 is 0.812 bits per heavy atom. The highest BCUT2D eigenvalue weighted by Gasteiger charge is 2.47. The maximum atomic E-state index is 15.9. The van der Waals surface area contributed by atoms with Crippen molar-refractivity contribution < 1.29 is 70.4 Å². The third-order valence-electron chi connectivity index (χ3n) is 7.89. The van der Waals surface area contributed by atoms with E-state index in [0.717, 1.165) is 18.2 Å². The molecule has 0 bridgehead atoms. The van der Waals surface area contributed by atoms with Crippen molar-refractivity contribution in [2.24, 2.45) is 0 Å². The van der Waals surface area contributed by atoms with Crippen molar-refractivity contribution in [3.63, 3.8) is 0 Å². The second-order valence-corrected chi connectivity index (χ2v) is 10.6. The summed E-state index contributed by atoms with van der Waals surface area (Å²) < 4.78 is 229. The van der Waals surface area contributed by atoms with Gasteiger partial charge in [0, 0.05) is 11.6 Å². The molecule has 0 spiro atoms. The van der Waals surface area contributed by atoms with Gasteiger partial charge in [-0.05, 0) is 11.1 Å². The summed E-state index contributed by atoms with van der Waals surface area (Å²) in [5, 5.41) is 0. The van der Waals surface area contributed by atoms with Crippen molar-refractivity contribution in [2.45, 2.75) is 0 Å². The Morgan fingerprint density at radius 1 is 0.500 bits per heavy atom. The highest BCUT2D eigenvalue weighted by atomic mass is 19.2. The Hall–Kier alpha value is -4.96. The molecule has 1 heterocycles. The van der Waals surface area contributed by atoms with Crippen molar-refractivity contribution in [2.75, 3.05) is 13.6 Å². The predicted octanol–water partition coefficient (Wildman–Crippen LogP) is 6.52. The number of halogens is 15. The molecule has 0 saturated carbocycles. The van der Waals surface area contributed by atoms with Gasteiger partial charge in [0.05, 0.1) is 0 Å². The summed E-state index contributed by atoms with van der Waals surface area (Å²) in [4.78, 5) is 0. The van der Waals surface area contributed by atoms with E-state index in [1.165, 1.54) is 36.0 Å². The van der Waals surface area contributed by atoms with Gasteiger partial charge < -0.3 is 0 Å². The minimum atomic E-state index is -5.86. The average molecular weight is 695 g/mol. The van der Waals surface area contributed by atoms with Gasteiger partial charge in [0.1, 0.15) is 48.1 Å². The van der Waals surface area contributed by atoms with Crippen molar-refractivity contribution in [3.8, 4) is 0 Å². The summed E-state index contributed by atoms with van der Waals surface area (Å²) in [6, 6.07) is 6.11. The van der Waals surface area contributed by atoms with Gasteiger partial charge in [0.15, 0.2) is 65.1 Å². The highest BCUT2D eigenvalue weighted by Crippen LogP contribution is 2.33. The number of nitrogens with zero attached hydrogens (tertiary/aromatic N) is 1. The lowest BCUT2D eigenvalue weighted by atomic mass is 9.14. The van der Waals surface area contributed by atoms with Gasteiger partial charge in [-0.15, -0.1) is 16.4 Å². The van der Waals surface area contributed by atoms with E-state index in [1.54, 1.807) is 0 Å². The number of allylic oxidation sites excluding steroid dienone is 1. The van der Waals surface area contributed by atoms with E-state index in [2.05, 4.69) is 0 Å². The summed E-state index contributed by atoms with van der Waals surface area (Å²) >= 11 is 0. The van der Waals surface area contributed by atoms with E-state index >= 15 is 26.3 Å². The van der Waals surface area contributed by atoms with Crippen LogP contribution in [0.15, 0.2) is 48.0 Å². The second kappa shape index (κ2) is 12.2. The molecule has 17 heteroatoms. The van der Waals surface area contributed by atoms with Crippen LogP contribution < -0.4 is 16.4 Å². The van der Waals surface area contributed by atoms with Crippen LogP contribution in [-0.4, -0.2) is 30.5 Å². The van der Waals surface area contributed by atoms with Crippen LogP contribution in [0.4, 0.5) is 65.9 Å². The molecule has 1 aliphatic heterocycles. The van der Waals surface area contributed by atoms with Crippen molar-refractivity contribution in [1.82, 2.24) is 0 Å². The molecule has 0 N–H and O–H groups in total. The monoisotopic (exact) mass is 695 g/mol. The molecule has 0 amide bonds. The van der Waals surface area contributed by atoms with Gasteiger partial charge in [-0.3, -0.25) is 0 Å². The number of benzene rings is 4. The zero-order valence-electron chi connectivity index (χ0n) is 23.5. The normalized spacial score (nSPS) is 13.7. The van der Waals surface area contributed by atoms with Crippen LogP contribution in [0, 0.1) is 87.3 Å². The summed E-state index contributed by atoms with van der Waals surface area (Å²) in [7, 11) is 1.41. The molecule has 4 aromatic rings. The van der Waals surface area contributed by atoms with Crippen molar-refractivity contribution in [1.29, 1.82) is 0 Å². The Labute approximate surface area is 259 Å². The Kier molecular flexibility index (Phi) is 8.77. The highest BCUT2D eigenvalue weighted by molar-refractivity contribution is 7.15. The second-order valence-electron chi connectivity index (χ2n) is 10.6. The third-order valence-corrected chi connectivity index (χ3v) is 7.89. The van der Waals surface area contributed by atoms with Gasteiger partial charge in [0.2, 0.25) is 0 Å². The zero-order valence-corrected chi connectivity index (χ0v) is 23.5. The topological polar surface area (TPSA) is 3.01 Å². The maximum absolute atomic E-state index is 15.9.